The van der Waals surface area contributed by atoms with E-state index in [0.717, 1.165) is 23.3 Å². The number of aryl methyl sites for hydroxylation is 2. The fourth-order valence-corrected chi connectivity index (χ4v) is 1.88. The van der Waals surface area contributed by atoms with E-state index in [1.54, 1.807) is 0 Å². The van der Waals surface area contributed by atoms with Crippen molar-refractivity contribution < 1.29 is 14.4 Å². The molecule has 98 valence electrons. The summed E-state index contributed by atoms with van der Waals surface area (Å²) in [6.45, 7) is 5.75. The number of hydrogen-bond donors (Lipinski definition) is 0. The van der Waals surface area contributed by atoms with Gasteiger partial charge >= 0.3 is 0 Å². The van der Waals surface area contributed by atoms with E-state index in [0.29, 0.717) is 26.2 Å². The van der Waals surface area contributed by atoms with Gasteiger partial charge in [0.15, 0.2) is 0 Å². The Morgan fingerprint density at radius 1 is 1.44 bits per heavy atom. The Balaban J connectivity index is 1.81. The van der Waals surface area contributed by atoms with Gasteiger partial charge in [0.25, 0.3) is 0 Å². The summed E-state index contributed by atoms with van der Waals surface area (Å²) in [5.74, 6) is 0.850. The molecule has 0 radical (unpaired) electrons. The van der Waals surface area contributed by atoms with E-state index in [1.807, 2.05) is 32.0 Å². The first-order chi connectivity index (χ1) is 8.66. The van der Waals surface area contributed by atoms with E-state index in [1.165, 1.54) is 5.06 Å². The molecule has 4 heteroatoms. The van der Waals surface area contributed by atoms with Crippen LogP contribution < -0.4 is 4.74 Å². The lowest BCUT2D eigenvalue weighted by atomic mass is 10.1. The number of benzene rings is 1. The Morgan fingerprint density at radius 2 is 2.28 bits per heavy atom. The number of nitrogens with zero attached hydrogens (tertiary/aromatic N) is 1. The summed E-state index contributed by atoms with van der Waals surface area (Å²) in [6, 6.07) is 6.06. The summed E-state index contributed by atoms with van der Waals surface area (Å²) < 4.78 is 5.64. The molecule has 1 saturated heterocycles. The summed E-state index contributed by atoms with van der Waals surface area (Å²) in [7, 11) is 0. The van der Waals surface area contributed by atoms with Crippen LogP contribution in [0.15, 0.2) is 18.2 Å². The van der Waals surface area contributed by atoms with Gasteiger partial charge in [0.05, 0.1) is 26.2 Å². The molecule has 1 aromatic rings. The average molecular weight is 249 g/mol. The van der Waals surface area contributed by atoms with Crippen LogP contribution in [-0.4, -0.2) is 30.7 Å². The van der Waals surface area contributed by atoms with Crippen molar-refractivity contribution in [3.63, 3.8) is 0 Å². The lowest BCUT2D eigenvalue weighted by Crippen LogP contribution is -2.27. The van der Waals surface area contributed by atoms with Crippen LogP contribution >= 0.6 is 0 Å². The first-order valence-electron chi connectivity index (χ1n) is 6.30. The predicted octanol–water partition coefficient (Wildman–Crippen LogP) is 2.24. The van der Waals surface area contributed by atoms with Gasteiger partial charge in [-0.15, -0.1) is 0 Å². The van der Waals surface area contributed by atoms with Gasteiger partial charge in [-0.2, -0.15) is 0 Å². The number of hydrogen-bond acceptors (Lipinski definition) is 3. The van der Waals surface area contributed by atoms with Crippen LogP contribution in [0.1, 0.15) is 24.0 Å². The Kier molecular flexibility index (Phi) is 4.20. The summed E-state index contributed by atoms with van der Waals surface area (Å²) in [6.07, 6.45) is 1.27. The van der Waals surface area contributed by atoms with Crippen molar-refractivity contribution in [1.82, 2.24) is 5.06 Å². The molecular formula is C14H19NO3. The highest BCUT2D eigenvalue weighted by molar-refractivity contribution is 5.75. The lowest BCUT2D eigenvalue weighted by molar-refractivity contribution is -0.169. The number of hydroxylamine groups is 2. The molecule has 0 aliphatic carbocycles. The lowest BCUT2D eigenvalue weighted by Gasteiger charge is -2.14. The maximum absolute atomic E-state index is 11.7. The molecule has 1 aliphatic heterocycles. The molecule has 4 nitrogen and oxygen atoms in total. The van der Waals surface area contributed by atoms with Crippen LogP contribution in [0, 0.1) is 13.8 Å². The molecule has 0 atom stereocenters. The van der Waals surface area contributed by atoms with Gasteiger partial charge in [0.1, 0.15) is 5.75 Å². The Bertz CT molecular complexity index is 425. The zero-order chi connectivity index (χ0) is 13.0. The van der Waals surface area contributed by atoms with E-state index in [4.69, 9.17) is 9.57 Å². The highest BCUT2D eigenvalue weighted by atomic mass is 16.7. The topological polar surface area (TPSA) is 38.8 Å². The Labute approximate surface area is 107 Å². The predicted molar refractivity (Wildman–Crippen MR) is 68.3 cm³/mol. The van der Waals surface area contributed by atoms with E-state index in [2.05, 4.69) is 0 Å². The molecule has 1 aromatic carbocycles. The van der Waals surface area contributed by atoms with Crippen LogP contribution in [0.25, 0.3) is 0 Å². The van der Waals surface area contributed by atoms with Crippen LogP contribution in [0.5, 0.6) is 5.75 Å². The van der Waals surface area contributed by atoms with Gasteiger partial charge in [-0.25, -0.2) is 5.06 Å². The monoisotopic (exact) mass is 249 g/mol. The molecule has 0 bridgehead atoms. The van der Waals surface area contributed by atoms with Crippen molar-refractivity contribution >= 4 is 5.91 Å². The highest BCUT2D eigenvalue weighted by Gasteiger charge is 2.18. The minimum Gasteiger partial charge on any atom is -0.493 e. The molecule has 1 aliphatic rings. The summed E-state index contributed by atoms with van der Waals surface area (Å²) in [5.41, 5.74) is 2.25. The maximum Gasteiger partial charge on any atom is 0.249 e. The van der Waals surface area contributed by atoms with Gasteiger partial charge in [0, 0.05) is 0 Å². The van der Waals surface area contributed by atoms with Gasteiger partial charge in [-0.3, -0.25) is 9.63 Å². The number of amides is 1. The van der Waals surface area contributed by atoms with E-state index in [-0.39, 0.29) is 5.91 Å². The molecule has 0 unspecified atom stereocenters. The highest BCUT2D eigenvalue weighted by Crippen LogP contribution is 2.19. The minimum absolute atomic E-state index is 0.00203. The van der Waals surface area contributed by atoms with Gasteiger partial charge in [-0.05, 0) is 37.5 Å². The normalized spacial score (nSPS) is 14.9. The summed E-state index contributed by atoms with van der Waals surface area (Å²) in [4.78, 5) is 16.9. The van der Waals surface area contributed by atoms with Crippen molar-refractivity contribution in [2.75, 3.05) is 19.8 Å². The van der Waals surface area contributed by atoms with Crippen molar-refractivity contribution in [1.29, 1.82) is 0 Å². The Morgan fingerprint density at radius 3 is 3.00 bits per heavy atom. The second kappa shape index (κ2) is 5.87. The SMILES string of the molecule is Cc1ccc(C)c(OCCC(=O)N2CCCO2)c1. The van der Waals surface area contributed by atoms with Crippen LogP contribution in [-0.2, 0) is 9.63 Å². The van der Waals surface area contributed by atoms with Crippen LogP contribution in [0.2, 0.25) is 0 Å². The van der Waals surface area contributed by atoms with Gasteiger partial charge in [-0.1, -0.05) is 12.1 Å². The number of carbonyl (C=O) groups excluding carboxylic acids is 1. The molecule has 1 fully saturated rings. The average Bonchev–Trinajstić information content (AvgIpc) is 2.87. The second-order valence-electron chi connectivity index (χ2n) is 4.55. The third-order valence-electron chi connectivity index (χ3n) is 2.95. The van der Waals surface area contributed by atoms with Crippen molar-refractivity contribution in [2.24, 2.45) is 0 Å². The third kappa shape index (κ3) is 3.23. The molecule has 2 rings (SSSR count). The smallest absolute Gasteiger partial charge is 0.249 e. The fourth-order valence-electron chi connectivity index (χ4n) is 1.88. The molecule has 1 amide bonds. The zero-order valence-electron chi connectivity index (χ0n) is 10.9. The summed E-state index contributed by atoms with van der Waals surface area (Å²) >= 11 is 0. The van der Waals surface area contributed by atoms with E-state index in [9.17, 15) is 4.79 Å². The minimum atomic E-state index is -0.00203. The van der Waals surface area contributed by atoms with Crippen molar-refractivity contribution in [2.45, 2.75) is 26.7 Å². The van der Waals surface area contributed by atoms with Crippen molar-refractivity contribution in [3.05, 3.63) is 29.3 Å². The molecule has 0 N–H and O–H groups in total. The molecular weight excluding hydrogens is 230 g/mol. The molecule has 0 aromatic heterocycles. The van der Waals surface area contributed by atoms with Crippen molar-refractivity contribution in [3.8, 4) is 5.75 Å². The van der Waals surface area contributed by atoms with Gasteiger partial charge < -0.3 is 4.74 Å². The van der Waals surface area contributed by atoms with E-state index < -0.39 is 0 Å². The van der Waals surface area contributed by atoms with Crippen LogP contribution in [0.4, 0.5) is 0 Å². The molecule has 1 heterocycles. The zero-order valence-corrected chi connectivity index (χ0v) is 10.9. The molecule has 18 heavy (non-hydrogen) atoms. The van der Waals surface area contributed by atoms with Gasteiger partial charge in [0.2, 0.25) is 5.91 Å². The quantitative estimate of drug-likeness (QED) is 0.821. The Hall–Kier alpha value is -1.55. The fraction of sp³-hybridized carbons (Fsp3) is 0.500. The molecule has 0 saturated carbocycles. The third-order valence-corrected chi connectivity index (χ3v) is 2.95. The largest absolute Gasteiger partial charge is 0.493 e. The van der Waals surface area contributed by atoms with Crippen LogP contribution in [0.3, 0.4) is 0 Å². The first-order valence-corrected chi connectivity index (χ1v) is 6.30. The summed E-state index contributed by atoms with van der Waals surface area (Å²) in [5, 5.41) is 1.44. The molecule has 0 spiro atoms. The first kappa shape index (κ1) is 12.9. The maximum atomic E-state index is 11.7. The number of carbonyl (C=O) groups is 1. The second-order valence-corrected chi connectivity index (χ2v) is 4.55. The standard InChI is InChI=1S/C14H19NO3/c1-11-4-5-12(2)13(10-11)17-9-6-14(16)15-7-3-8-18-15/h4-5,10H,3,6-9H2,1-2H3. The van der Waals surface area contributed by atoms with E-state index >= 15 is 0 Å². The number of ether oxygens (including phenoxy) is 1. The number of rotatable bonds is 4.